The summed E-state index contributed by atoms with van der Waals surface area (Å²) in [5, 5.41) is 9.49. The van der Waals surface area contributed by atoms with Crippen molar-refractivity contribution in [2.24, 2.45) is 0 Å². The van der Waals surface area contributed by atoms with Crippen LogP contribution >= 0.6 is 15.9 Å². The number of halogens is 1. The van der Waals surface area contributed by atoms with E-state index >= 15 is 0 Å². The molecule has 0 unspecified atom stereocenters. The average molecular weight is 336 g/mol. The first-order chi connectivity index (χ1) is 9.65. The van der Waals surface area contributed by atoms with Gasteiger partial charge in [0.05, 0.1) is 13.7 Å². The maximum Gasteiger partial charge on any atom is 0.123 e. The quantitative estimate of drug-likeness (QED) is 0.906. The molecule has 0 saturated heterocycles. The summed E-state index contributed by atoms with van der Waals surface area (Å²) in [7, 11) is 3.69. The molecule has 2 rings (SSSR count). The van der Waals surface area contributed by atoms with Gasteiger partial charge in [0, 0.05) is 34.9 Å². The molecule has 0 bridgehead atoms. The lowest BCUT2D eigenvalue weighted by molar-refractivity contribution is 0.282. The molecule has 0 aliphatic heterocycles. The SMILES string of the molecule is COc1ccccc1CN(C)c1ccc(Br)cc1CO. The first-order valence-corrected chi connectivity index (χ1v) is 7.17. The summed E-state index contributed by atoms with van der Waals surface area (Å²) in [4.78, 5) is 2.11. The van der Waals surface area contributed by atoms with Crippen LogP contribution in [0.1, 0.15) is 11.1 Å². The van der Waals surface area contributed by atoms with Crippen LogP contribution in [0.5, 0.6) is 5.75 Å². The first-order valence-electron chi connectivity index (χ1n) is 6.38. The molecular formula is C16H18BrNO2. The van der Waals surface area contributed by atoms with Gasteiger partial charge in [-0.3, -0.25) is 0 Å². The molecule has 2 aromatic carbocycles. The van der Waals surface area contributed by atoms with Gasteiger partial charge in [0.15, 0.2) is 0 Å². The van der Waals surface area contributed by atoms with Gasteiger partial charge in [0.2, 0.25) is 0 Å². The van der Waals surface area contributed by atoms with Crippen LogP contribution in [0, 0.1) is 0 Å². The smallest absolute Gasteiger partial charge is 0.123 e. The van der Waals surface area contributed by atoms with E-state index in [0.717, 1.165) is 33.6 Å². The molecule has 0 aliphatic carbocycles. The van der Waals surface area contributed by atoms with Gasteiger partial charge < -0.3 is 14.7 Å². The van der Waals surface area contributed by atoms with Crippen molar-refractivity contribution in [3.8, 4) is 5.75 Å². The normalized spacial score (nSPS) is 10.4. The third kappa shape index (κ3) is 3.32. The van der Waals surface area contributed by atoms with Crippen LogP contribution in [-0.2, 0) is 13.2 Å². The zero-order chi connectivity index (χ0) is 14.5. The van der Waals surface area contributed by atoms with Crippen LogP contribution in [0.2, 0.25) is 0 Å². The predicted octanol–water partition coefficient (Wildman–Crippen LogP) is 3.59. The zero-order valence-corrected chi connectivity index (χ0v) is 13.2. The average Bonchev–Trinajstić information content (AvgIpc) is 2.47. The zero-order valence-electron chi connectivity index (χ0n) is 11.6. The number of anilines is 1. The Balaban J connectivity index is 2.26. The minimum absolute atomic E-state index is 0.0189. The Morgan fingerprint density at radius 2 is 1.90 bits per heavy atom. The highest BCUT2D eigenvalue weighted by atomic mass is 79.9. The molecule has 106 valence electrons. The van der Waals surface area contributed by atoms with Crippen molar-refractivity contribution in [3.63, 3.8) is 0 Å². The van der Waals surface area contributed by atoms with E-state index in [0.29, 0.717) is 0 Å². The second kappa shape index (κ2) is 6.77. The van der Waals surface area contributed by atoms with Crippen LogP contribution in [0.4, 0.5) is 5.69 Å². The number of methoxy groups -OCH3 is 1. The van der Waals surface area contributed by atoms with Gasteiger partial charge in [0.25, 0.3) is 0 Å². The molecule has 4 heteroatoms. The lowest BCUT2D eigenvalue weighted by atomic mass is 10.1. The number of rotatable bonds is 5. The second-order valence-electron chi connectivity index (χ2n) is 4.60. The monoisotopic (exact) mass is 335 g/mol. The van der Waals surface area contributed by atoms with Crippen molar-refractivity contribution in [1.29, 1.82) is 0 Å². The molecule has 0 fully saturated rings. The van der Waals surface area contributed by atoms with Gasteiger partial charge in [-0.2, -0.15) is 0 Å². The van der Waals surface area contributed by atoms with Gasteiger partial charge in [-0.1, -0.05) is 34.1 Å². The van der Waals surface area contributed by atoms with E-state index in [1.54, 1.807) is 7.11 Å². The topological polar surface area (TPSA) is 32.7 Å². The van der Waals surface area contributed by atoms with Gasteiger partial charge in [-0.05, 0) is 24.3 Å². The molecule has 2 aromatic rings. The number of benzene rings is 2. The summed E-state index contributed by atoms with van der Waals surface area (Å²) in [5.74, 6) is 0.877. The Morgan fingerprint density at radius 1 is 1.15 bits per heavy atom. The van der Waals surface area contributed by atoms with Crippen LogP contribution in [0.15, 0.2) is 46.9 Å². The molecule has 0 amide bonds. The number of hydrogen-bond donors (Lipinski definition) is 1. The number of aliphatic hydroxyl groups excluding tert-OH is 1. The van der Waals surface area contributed by atoms with Gasteiger partial charge >= 0.3 is 0 Å². The summed E-state index contributed by atoms with van der Waals surface area (Å²) in [6.45, 7) is 0.740. The number of hydrogen-bond acceptors (Lipinski definition) is 3. The Kier molecular flexibility index (Phi) is 5.04. The minimum Gasteiger partial charge on any atom is -0.496 e. The number of para-hydroxylation sites is 1. The van der Waals surface area contributed by atoms with E-state index in [4.69, 9.17) is 4.74 Å². The third-order valence-corrected chi connectivity index (χ3v) is 3.72. The molecule has 0 radical (unpaired) electrons. The molecular weight excluding hydrogens is 318 g/mol. The number of aliphatic hydroxyl groups is 1. The number of nitrogens with zero attached hydrogens (tertiary/aromatic N) is 1. The maximum atomic E-state index is 9.49. The van der Waals surface area contributed by atoms with Gasteiger partial charge in [-0.15, -0.1) is 0 Å². The molecule has 0 saturated carbocycles. The summed E-state index contributed by atoms with van der Waals surface area (Å²) < 4.78 is 6.34. The minimum atomic E-state index is 0.0189. The van der Waals surface area contributed by atoms with Crippen LogP contribution < -0.4 is 9.64 Å². The largest absolute Gasteiger partial charge is 0.496 e. The molecule has 0 spiro atoms. The summed E-state index contributed by atoms with van der Waals surface area (Å²) in [6.07, 6.45) is 0. The fourth-order valence-electron chi connectivity index (χ4n) is 2.23. The Hall–Kier alpha value is -1.52. The maximum absolute atomic E-state index is 9.49. The van der Waals surface area contributed by atoms with Crippen molar-refractivity contribution >= 4 is 21.6 Å². The Morgan fingerprint density at radius 3 is 2.60 bits per heavy atom. The predicted molar refractivity (Wildman–Crippen MR) is 85.2 cm³/mol. The first kappa shape index (κ1) is 14.9. The lowest BCUT2D eigenvalue weighted by Crippen LogP contribution is -2.18. The molecule has 1 N–H and O–H groups in total. The van der Waals surface area contributed by atoms with E-state index < -0.39 is 0 Å². The van der Waals surface area contributed by atoms with E-state index in [-0.39, 0.29) is 6.61 Å². The van der Waals surface area contributed by atoms with E-state index in [1.807, 2.05) is 49.5 Å². The molecule has 0 aliphatic rings. The second-order valence-corrected chi connectivity index (χ2v) is 5.51. The third-order valence-electron chi connectivity index (χ3n) is 3.22. The van der Waals surface area contributed by atoms with E-state index in [1.165, 1.54) is 0 Å². The fraction of sp³-hybridized carbons (Fsp3) is 0.250. The van der Waals surface area contributed by atoms with Gasteiger partial charge in [-0.25, -0.2) is 0 Å². The van der Waals surface area contributed by atoms with Crippen molar-refractivity contribution in [3.05, 3.63) is 58.1 Å². The highest BCUT2D eigenvalue weighted by molar-refractivity contribution is 9.10. The molecule has 20 heavy (non-hydrogen) atoms. The standard InChI is InChI=1S/C16H18BrNO2/c1-18(10-12-5-3-4-6-16(12)20-2)15-8-7-14(17)9-13(15)11-19/h3-9,19H,10-11H2,1-2H3. The molecule has 0 heterocycles. The summed E-state index contributed by atoms with van der Waals surface area (Å²) in [6, 6.07) is 13.9. The van der Waals surface area contributed by atoms with Gasteiger partial charge in [0.1, 0.15) is 5.75 Å². The molecule has 3 nitrogen and oxygen atoms in total. The highest BCUT2D eigenvalue weighted by Gasteiger charge is 2.10. The van der Waals surface area contributed by atoms with Crippen LogP contribution in [-0.4, -0.2) is 19.3 Å². The van der Waals surface area contributed by atoms with Crippen molar-refractivity contribution in [2.45, 2.75) is 13.2 Å². The van der Waals surface area contributed by atoms with E-state index in [2.05, 4.69) is 20.8 Å². The van der Waals surface area contributed by atoms with Crippen LogP contribution in [0.3, 0.4) is 0 Å². The van der Waals surface area contributed by atoms with Crippen molar-refractivity contribution in [2.75, 3.05) is 19.1 Å². The van der Waals surface area contributed by atoms with Crippen molar-refractivity contribution in [1.82, 2.24) is 0 Å². The van der Waals surface area contributed by atoms with E-state index in [9.17, 15) is 5.11 Å². The summed E-state index contributed by atoms with van der Waals surface area (Å²) in [5.41, 5.74) is 3.03. The lowest BCUT2D eigenvalue weighted by Gasteiger charge is -2.23. The number of ether oxygens (including phenoxy) is 1. The fourth-order valence-corrected chi connectivity index (χ4v) is 2.64. The Bertz CT molecular complexity index is 586. The van der Waals surface area contributed by atoms with Crippen molar-refractivity contribution < 1.29 is 9.84 Å². The summed E-state index contributed by atoms with van der Waals surface area (Å²) >= 11 is 3.43. The molecule has 0 atom stereocenters. The highest BCUT2D eigenvalue weighted by Crippen LogP contribution is 2.27. The molecule has 0 aromatic heterocycles. The van der Waals surface area contributed by atoms with Crippen LogP contribution in [0.25, 0.3) is 0 Å². The Labute approximate surface area is 127 Å².